The molecule has 2 amide bonds. The Labute approximate surface area is 174 Å². The van der Waals surface area contributed by atoms with E-state index in [1.807, 2.05) is 6.20 Å². The Kier molecular flexibility index (Phi) is 4.51. The Balaban J connectivity index is 1.41. The van der Waals surface area contributed by atoms with Gasteiger partial charge in [-0.3, -0.25) is 5.32 Å². The molecule has 31 heavy (non-hydrogen) atoms. The number of nitrogens with one attached hydrogen (secondary N) is 2. The van der Waals surface area contributed by atoms with E-state index in [1.54, 1.807) is 6.07 Å². The quantitative estimate of drug-likeness (QED) is 0.385. The van der Waals surface area contributed by atoms with Crippen LogP contribution in [-0.4, -0.2) is 30.8 Å². The minimum atomic E-state index is -0.713. The van der Waals surface area contributed by atoms with Crippen LogP contribution < -0.4 is 16.4 Å². The number of halogens is 1. The number of nitrogen functional groups attached to an aromatic ring is 1. The van der Waals surface area contributed by atoms with Gasteiger partial charge in [-0.1, -0.05) is 11.2 Å². The number of anilines is 3. The molecule has 1 fully saturated rings. The zero-order valence-electron chi connectivity index (χ0n) is 16.2. The van der Waals surface area contributed by atoms with Gasteiger partial charge < -0.3 is 25.2 Å². The van der Waals surface area contributed by atoms with Crippen molar-refractivity contribution in [2.24, 2.45) is 0 Å². The van der Waals surface area contributed by atoms with Crippen molar-refractivity contribution >= 4 is 34.5 Å². The van der Waals surface area contributed by atoms with Crippen molar-refractivity contribution in [1.29, 1.82) is 0 Å². The van der Waals surface area contributed by atoms with Gasteiger partial charge >= 0.3 is 6.03 Å². The van der Waals surface area contributed by atoms with E-state index in [2.05, 4.69) is 30.3 Å². The molecule has 0 aliphatic heterocycles. The monoisotopic (exact) mass is 423 g/mol. The second-order valence-electron chi connectivity index (χ2n) is 7.25. The van der Waals surface area contributed by atoms with Crippen molar-refractivity contribution in [1.82, 2.24) is 19.7 Å². The van der Waals surface area contributed by atoms with E-state index in [0.29, 0.717) is 22.8 Å². The van der Waals surface area contributed by atoms with Crippen LogP contribution in [0.2, 0.25) is 0 Å². The molecule has 158 valence electrons. The van der Waals surface area contributed by atoms with Crippen molar-refractivity contribution in [3.05, 3.63) is 48.3 Å². The lowest BCUT2D eigenvalue weighted by Crippen LogP contribution is -2.19. The molecule has 1 aliphatic carbocycles. The number of fused-ring (bicyclic) bond motifs is 1. The maximum atomic E-state index is 14.8. The largest absolute Gasteiger partial charge is 0.390 e. The number of aromatic nitrogens is 4. The fraction of sp³-hybridized carbons (Fsp3) is 0.200. The number of carbonyl (C=O) groups is 1. The van der Waals surface area contributed by atoms with Gasteiger partial charge in [0.2, 0.25) is 5.88 Å². The fourth-order valence-corrected chi connectivity index (χ4v) is 3.45. The summed E-state index contributed by atoms with van der Waals surface area (Å²) in [5, 5.41) is 18.0. The van der Waals surface area contributed by atoms with Gasteiger partial charge in [-0.05, 0) is 30.5 Å². The molecule has 10 nitrogen and oxygen atoms in total. The maximum Gasteiger partial charge on any atom is 0.326 e. The molecule has 0 atom stereocenters. The number of benzene rings is 1. The van der Waals surface area contributed by atoms with E-state index in [4.69, 9.17) is 15.4 Å². The minimum Gasteiger partial charge on any atom is -0.390 e. The number of nitrogens with two attached hydrogens (primary N) is 1. The molecule has 0 bridgehead atoms. The van der Waals surface area contributed by atoms with Gasteiger partial charge in [-0.15, -0.1) is 0 Å². The number of hydrogen-bond donors (Lipinski definition) is 4. The van der Waals surface area contributed by atoms with Crippen LogP contribution in [0.4, 0.5) is 26.6 Å². The molecule has 5 N–H and O–H groups in total. The zero-order valence-corrected chi connectivity index (χ0v) is 16.2. The third-order valence-corrected chi connectivity index (χ3v) is 5.06. The van der Waals surface area contributed by atoms with Crippen LogP contribution >= 0.6 is 0 Å². The van der Waals surface area contributed by atoms with E-state index < -0.39 is 11.8 Å². The average molecular weight is 423 g/mol. The first-order chi connectivity index (χ1) is 15.0. The lowest BCUT2D eigenvalue weighted by atomic mass is 10.1. The molecule has 0 unspecified atom stereocenters. The smallest absolute Gasteiger partial charge is 0.326 e. The van der Waals surface area contributed by atoms with Crippen LogP contribution in [0.15, 0.2) is 41.3 Å². The van der Waals surface area contributed by atoms with Crippen molar-refractivity contribution < 1.29 is 18.8 Å². The SMILES string of the molecule is Nc1ncnc2c1c(-c1ccc(NC(=O)Nc3cc(CO)no3)c(F)c1)cn2C1CC1. The first-order valence-corrected chi connectivity index (χ1v) is 9.59. The second-order valence-corrected chi connectivity index (χ2v) is 7.25. The van der Waals surface area contributed by atoms with Crippen LogP contribution in [0.25, 0.3) is 22.2 Å². The summed E-state index contributed by atoms with van der Waals surface area (Å²) < 4.78 is 21.7. The Morgan fingerprint density at radius 1 is 1.29 bits per heavy atom. The van der Waals surface area contributed by atoms with Gasteiger partial charge in [0.05, 0.1) is 17.7 Å². The Bertz CT molecular complexity index is 1300. The second kappa shape index (κ2) is 7.36. The highest BCUT2D eigenvalue weighted by Gasteiger charge is 2.27. The van der Waals surface area contributed by atoms with Gasteiger partial charge in [0.1, 0.15) is 29.3 Å². The summed E-state index contributed by atoms with van der Waals surface area (Å²) in [7, 11) is 0. The van der Waals surface area contributed by atoms with E-state index >= 15 is 0 Å². The summed E-state index contributed by atoms with van der Waals surface area (Å²) in [5.74, 6) is -0.262. The van der Waals surface area contributed by atoms with Crippen molar-refractivity contribution in [3.63, 3.8) is 0 Å². The third kappa shape index (κ3) is 3.55. The number of aliphatic hydroxyl groups excluding tert-OH is 1. The highest BCUT2D eigenvalue weighted by atomic mass is 19.1. The Morgan fingerprint density at radius 2 is 2.13 bits per heavy atom. The lowest BCUT2D eigenvalue weighted by Gasteiger charge is -2.08. The van der Waals surface area contributed by atoms with Crippen molar-refractivity contribution in [2.75, 3.05) is 16.4 Å². The van der Waals surface area contributed by atoms with E-state index in [-0.39, 0.29) is 23.9 Å². The summed E-state index contributed by atoms with van der Waals surface area (Å²) in [6.07, 6.45) is 5.46. The van der Waals surface area contributed by atoms with Gasteiger partial charge in [0, 0.05) is 23.9 Å². The molecule has 3 heterocycles. The number of hydrogen-bond acceptors (Lipinski definition) is 7. The van der Waals surface area contributed by atoms with E-state index in [1.165, 1.54) is 24.5 Å². The molecule has 0 spiro atoms. The van der Waals surface area contributed by atoms with Crippen LogP contribution in [-0.2, 0) is 6.61 Å². The number of carbonyl (C=O) groups excluding carboxylic acids is 1. The van der Waals surface area contributed by atoms with Gasteiger partial charge in [0.25, 0.3) is 0 Å². The summed E-state index contributed by atoms with van der Waals surface area (Å²) in [4.78, 5) is 20.6. The number of aliphatic hydroxyl groups is 1. The van der Waals surface area contributed by atoms with Crippen molar-refractivity contribution in [3.8, 4) is 11.1 Å². The zero-order chi connectivity index (χ0) is 21.5. The first kappa shape index (κ1) is 19.0. The number of amides is 2. The Hall–Kier alpha value is -3.99. The van der Waals surface area contributed by atoms with Crippen LogP contribution in [0.3, 0.4) is 0 Å². The van der Waals surface area contributed by atoms with Crippen LogP contribution in [0.1, 0.15) is 24.6 Å². The molecule has 5 rings (SSSR count). The molecule has 11 heteroatoms. The molecule has 1 aromatic carbocycles. The summed E-state index contributed by atoms with van der Waals surface area (Å²) in [6.45, 7) is -0.324. The van der Waals surface area contributed by atoms with Gasteiger partial charge in [-0.2, -0.15) is 0 Å². The van der Waals surface area contributed by atoms with Crippen molar-refractivity contribution in [2.45, 2.75) is 25.5 Å². The summed E-state index contributed by atoms with van der Waals surface area (Å²) >= 11 is 0. The average Bonchev–Trinajstić information content (AvgIpc) is 3.37. The van der Waals surface area contributed by atoms with Gasteiger partial charge in [-0.25, -0.2) is 19.2 Å². The molecule has 0 radical (unpaired) electrons. The maximum absolute atomic E-state index is 14.8. The van der Waals surface area contributed by atoms with Gasteiger partial charge in [0.15, 0.2) is 0 Å². The first-order valence-electron chi connectivity index (χ1n) is 9.59. The highest BCUT2D eigenvalue weighted by Crippen LogP contribution is 2.42. The van der Waals surface area contributed by atoms with Crippen LogP contribution in [0.5, 0.6) is 0 Å². The molecule has 0 saturated heterocycles. The third-order valence-electron chi connectivity index (χ3n) is 5.06. The molecule has 3 aromatic heterocycles. The summed E-state index contributed by atoms with van der Waals surface area (Å²) in [6, 6.07) is 5.49. The van der Waals surface area contributed by atoms with E-state index in [0.717, 1.165) is 24.1 Å². The lowest BCUT2D eigenvalue weighted by molar-refractivity contribution is 0.260. The minimum absolute atomic E-state index is 0.0155. The fourth-order valence-electron chi connectivity index (χ4n) is 3.45. The number of rotatable bonds is 5. The molecular weight excluding hydrogens is 405 g/mol. The van der Waals surface area contributed by atoms with E-state index in [9.17, 15) is 9.18 Å². The normalized spacial score (nSPS) is 13.5. The topological polar surface area (TPSA) is 144 Å². The predicted octanol–water partition coefficient (Wildman–Crippen LogP) is 3.28. The molecule has 1 saturated carbocycles. The molecule has 4 aromatic rings. The number of urea groups is 1. The standard InChI is InChI=1S/C20H18FN7O3/c21-14-5-10(1-4-15(14)25-20(30)26-16-6-11(8-29)27-31-16)13-7-28(12-2-3-12)19-17(13)18(22)23-9-24-19/h1,4-7,9,12,29H,2-3,8H2,(H2,22,23,24)(H2,25,26,30). The number of nitrogens with zero attached hydrogens (tertiary/aromatic N) is 4. The predicted molar refractivity (Wildman–Crippen MR) is 111 cm³/mol. The van der Waals surface area contributed by atoms with Crippen LogP contribution in [0, 0.1) is 5.82 Å². The summed E-state index contributed by atoms with van der Waals surface area (Å²) in [5.41, 5.74) is 8.39. The Morgan fingerprint density at radius 3 is 2.84 bits per heavy atom. The molecular formula is C20H18FN7O3. The molecule has 1 aliphatic rings. The highest BCUT2D eigenvalue weighted by molar-refractivity contribution is 6.02.